The number of aryl methyl sites for hydroxylation is 1. The Morgan fingerprint density at radius 1 is 1.26 bits per heavy atom. The van der Waals surface area contributed by atoms with Crippen molar-refractivity contribution in [2.24, 2.45) is 0 Å². The van der Waals surface area contributed by atoms with Crippen LogP contribution >= 0.6 is 15.9 Å². The summed E-state index contributed by atoms with van der Waals surface area (Å²) in [6.45, 7) is 8.15. The Morgan fingerprint density at radius 3 is 2.79 bits per heavy atom. The van der Waals surface area contributed by atoms with Crippen molar-refractivity contribution >= 4 is 21.7 Å². The Morgan fingerprint density at radius 2 is 2.05 bits per heavy atom. The van der Waals surface area contributed by atoms with Crippen molar-refractivity contribution in [3.8, 4) is 0 Å². The lowest BCUT2D eigenvalue weighted by atomic mass is 10.2. The van der Waals surface area contributed by atoms with Gasteiger partial charge in [0.1, 0.15) is 5.82 Å². The Hall–Kier alpha value is -0.650. The summed E-state index contributed by atoms with van der Waals surface area (Å²) in [5.41, 5.74) is 1.06. The van der Waals surface area contributed by atoms with E-state index in [0.717, 1.165) is 55.4 Å². The molecule has 2 aliphatic rings. The van der Waals surface area contributed by atoms with Crippen LogP contribution in [0.15, 0.2) is 16.6 Å². The standard InChI is InChI=1S/C14H20BrN3O/c1-11-13(15)2-3-14(16-11)18-5-4-12(10-18)17-6-8-19-9-7-17/h2-3,12H,4-10H2,1H3/t12-/m1/s1. The Kier molecular flexibility index (Phi) is 4.05. The van der Waals surface area contributed by atoms with E-state index in [4.69, 9.17) is 4.74 Å². The molecule has 0 aromatic carbocycles. The Balaban J connectivity index is 1.66. The van der Waals surface area contributed by atoms with Gasteiger partial charge in [-0.25, -0.2) is 4.98 Å². The maximum Gasteiger partial charge on any atom is 0.128 e. The van der Waals surface area contributed by atoms with Crippen LogP contribution in [-0.2, 0) is 4.74 Å². The molecule has 0 spiro atoms. The van der Waals surface area contributed by atoms with Crippen LogP contribution in [0.1, 0.15) is 12.1 Å². The summed E-state index contributed by atoms with van der Waals surface area (Å²) in [4.78, 5) is 9.64. The monoisotopic (exact) mass is 325 g/mol. The second-order valence-electron chi connectivity index (χ2n) is 5.27. The maximum atomic E-state index is 5.43. The first kappa shape index (κ1) is 13.3. The van der Waals surface area contributed by atoms with E-state index < -0.39 is 0 Å². The summed E-state index contributed by atoms with van der Waals surface area (Å²) in [6.07, 6.45) is 1.23. The van der Waals surface area contributed by atoms with E-state index in [1.807, 2.05) is 6.92 Å². The number of hydrogen-bond acceptors (Lipinski definition) is 4. The highest BCUT2D eigenvalue weighted by molar-refractivity contribution is 9.10. The minimum absolute atomic E-state index is 0.662. The lowest BCUT2D eigenvalue weighted by Gasteiger charge is -2.32. The number of morpholine rings is 1. The van der Waals surface area contributed by atoms with Crippen molar-refractivity contribution in [3.05, 3.63) is 22.3 Å². The molecule has 4 nitrogen and oxygen atoms in total. The fourth-order valence-electron chi connectivity index (χ4n) is 2.90. The number of halogens is 1. The van der Waals surface area contributed by atoms with Crippen LogP contribution in [0.2, 0.25) is 0 Å². The van der Waals surface area contributed by atoms with Gasteiger partial charge >= 0.3 is 0 Å². The zero-order valence-corrected chi connectivity index (χ0v) is 12.9. The molecule has 1 atom stereocenters. The highest BCUT2D eigenvalue weighted by Crippen LogP contribution is 2.24. The third kappa shape index (κ3) is 2.93. The third-order valence-corrected chi connectivity index (χ3v) is 4.89. The predicted octanol–water partition coefficient (Wildman–Crippen LogP) is 2.06. The van der Waals surface area contributed by atoms with Crippen LogP contribution in [0.4, 0.5) is 5.82 Å². The summed E-state index contributed by atoms with van der Waals surface area (Å²) in [7, 11) is 0. The second-order valence-corrected chi connectivity index (χ2v) is 6.13. The summed E-state index contributed by atoms with van der Waals surface area (Å²) in [5, 5.41) is 0. The molecule has 0 bridgehead atoms. The largest absolute Gasteiger partial charge is 0.379 e. The van der Waals surface area contributed by atoms with Crippen molar-refractivity contribution in [1.29, 1.82) is 0 Å². The number of pyridine rings is 1. The molecule has 0 radical (unpaired) electrons. The zero-order chi connectivity index (χ0) is 13.2. The average molecular weight is 326 g/mol. The van der Waals surface area contributed by atoms with Crippen molar-refractivity contribution in [1.82, 2.24) is 9.88 Å². The molecule has 0 N–H and O–H groups in total. The minimum atomic E-state index is 0.662. The van der Waals surface area contributed by atoms with Crippen LogP contribution in [0, 0.1) is 6.92 Å². The normalized spacial score (nSPS) is 24.9. The number of ether oxygens (including phenoxy) is 1. The molecule has 0 unspecified atom stereocenters. The highest BCUT2D eigenvalue weighted by atomic mass is 79.9. The molecule has 2 fully saturated rings. The Labute approximate surface area is 122 Å². The van der Waals surface area contributed by atoms with Gasteiger partial charge in [0.05, 0.1) is 18.9 Å². The molecule has 2 saturated heterocycles. The van der Waals surface area contributed by atoms with Gasteiger partial charge in [0, 0.05) is 36.7 Å². The van der Waals surface area contributed by atoms with E-state index in [0.29, 0.717) is 6.04 Å². The number of aromatic nitrogens is 1. The van der Waals surface area contributed by atoms with Crippen molar-refractivity contribution < 1.29 is 4.74 Å². The number of nitrogens with zero attached hydrogens (tertiary/aromatic N) is 3. The van der Waals surface area contributed by atoms with Crippen LogP contribution in [0.5, 0.6) is 0 Å². The first-order valence-corrected chi connectivity index (χ1v) is 7.73. The molecule has 0 aliphatic carbocycles. The van der Waals surface area contributed by atoms with Gasteiger partial charge in [0.25, 0.3) is 0 Å². The Bertz CT molecular complexity index is 448. The fourth-order valence-corrected chi connectivity index (χ4v) is 3.12. The maximum absolute atomic E-state index is 5.43. The summed E-state index contributed by atoms with van der Waals surface area (Å²) in [6, 6.07) is 4.87. The van der Waals surface area contributed by atoms with Crippen LogP contribution in [-0.4, -0.2) is 55.3 Å². The van der Waals surface area contributed by atoms with Gasteiger partial charge < -0.3 is 9.64 Å². The first-order valence-electron chi connectivity index (χ1n) is 6.94. The van der Waals surface area contributed by atoms with E-state index >= 15 is 0 Å². The van der Waals surface area contributed by atoms with Gasteiger partial charge in [-0.15, -0.1) is 0 Å². The van der Waals surface area contributed by atoms with E-state index in [1.54, 1.807) is 0 Å². The molecular weight excluding hydrogens is 306 g/mol. The minimum Gasteiger partial charge on any atom is -0.379 e. The smallest absolute Gasteiger partial charge is 0.128 e. The van der Waals surface area contributed by atoms with Gasteiger partial charge in [-0.1, -0.05) is 0 Å². The summed E-state index contributed by atoms with van der Waals surface area (Å²) in [5.74, 6) is 1.11. The quantitative estimate of drug-likeness (QED) is 0.832. The lowest BCUT2D eigenvalue weighted by Crippen LogP contribution is -2.44. The highest BCUT2D eigenvalue weighted by Gasteiger charge is 2.29. The van der Waals surface area contributed by atoms with Crippen molar-refractivity contribution in [2.45, 2.75) is 19.4 Å². The molecule has 104 valence electrons. The van der Waals surface area contributed by atoms with Crippen LogP contribution in [0.25, 0.3) is 0 Å². The van der Waals surface area contributed by atoms with E-state index in [-0.39, 0.29) is 0 Å². The van der Waals surface area contributed by atoms with Crippen molar-refractivity contribution in [3.63, 3.8) is 0 Å². The van der Waals surface area contributed by atoms with E-state index in [9.17, 15) is 0 Å². The lowest BCUT2D eigenvalue weighted by molar-refractivity contribution is 0.0209. The SMILES string of the molecule is Cc1nc(N2CC[C@@H](N3CCOCC3)C2)ccc1Br. The molecule has 3 heterocycles. The average Bonchev–Trinajstić information content (AvgIpc) is 2.93. The molecule has 0 saturated carbocycles. The van der Waals surface area contributed by atoms with E-state index in [2.05, 4.69) is 42.8 Å². The van der Waals surface area contributed by atoms with Gasteiger partial charge in [0.2, 0.25) is 0 Å². The van der Waals surface area contributed by atoms with Crippen molar-refractivity contribution in [2.75, 3.05) is 44.3 Å². The predicted molar refractivity (Wildman–Crippen MR) is 79.7 cm³/mol. The molecule has 0 amide bonds. The first-order chi connectivity index (χ1) is 9.24. The van der Waals surface area contributed by atoms with Gasteiger partial charge in [-0.3, -0.25) is 4.90 Å². The topological polar surface area (TPSA) is 28.6 Å². The summed E-state index contributed by atoms with van der Waals surface area (Å²) < 4.78 is 6.51. The zero-order valence-electron chi connectivity index (χ0n) is 11.3. The molecule has 1 aromatic rings. The molecule has 1 aromatic heterocycles. The molecular formula is C14H20BrN3O. The second kappa shape index (κ2) is 5.77. The number of hydrogen-bond donors (Lipinski definition) is 0. The van der Waals surface area contributed by atoms with Gasteiger partial charge in [-0.2, -0.15) is 0 Å². The molecule has 5 heteroatoms. The van der Waals surface area contributed by atoms with Gasteiger partial charge in [-0.05, 0) is 41.4 Å². The van der Waals surface area contributed by atoms with Gasteiger partial charge in [0.15, 0.2) is 0 Å². The third-order valence-electron chi connectivity index (χ3n) is 4.06. The molecule has 2 aliphatic heterocycles. The summed E-state index contributed by atoms with van der Waals surface area (Å²) >= 11 is 3.51. The fraction of sp³-hybridized carbons (Fsp3) is 0.643. The number of rotatable bonds is 2. The molecule has 19 heavy (non-hydrogen) atoms. The van der Waals surface area contributed by atoms with Crippen LogP contribution in [0.3, 0.4) is 0 Å². The number of anilines is 1. The molecule has 3 rings (SSSR count). The van der Waals surface area contributed by atoms with E-state index in [1.165, 1.54) is 6.42 Å². The van der Waals surface area contributed by atoms with Crippen LogP contribution < -0.4 is 4.90 Å².